The monoisotopic (exact) mass is 534 g/mol. The van der Waals surface area contributed by atoms with E-state index >= 15 is 0 Å². The van der Waals surface area contributed by atoms with Crippen LogP contribution in [0.3, 0.4) is 0 Å². The van der Waals surface area contributed by atoms with Gasteiger partial charge >= 0.3 is 5.97 Å². The molecule has 11 heteroatoms. The second-order valence-corrected chi connectivity index (χ2v) is 9.39. The molecule has 0 saturated carbocycles. The number of rotatable bonds is 10. The van der Waals surface area contributed by atoms with Crippen LogP contribution in [-0.2, 0) is 27.1 Å². The summed E-state index contributed by atoms with van der Waals surface area (Å²) < 4.78 is 32.7. The molecule has 0 aliphatic carbocycles. The number of esters is 1. The summed E-state index contributed by atoms with van der Waals surface area (Å²) in [5, 5.41) is 39.7. The molecule has 2 heterocycles. The Balaban J connectivity index is 1.47. The van der Waals surface area contributed by atoms with Crippen LogP contribution >= 0.6 is 0 Å². The van der Waals surface area contributed by atoms with Crippen molar-refractivity contribution in [2.45, 2.75) is 43.5 Å². The highest BCUT2D eigenvalue weighted by molar-refractivity contribution is 5.75. The highest BCUT2D eigenvalue weighted by atomic mass is 16.7. The third kappa shape index (κ3) is 5.82. The molecule has 2 aromatic rings. The summed E-state index contributed by atoms with van der Waals surface area (Å²) in [6, 6.07) is 10.8. The van der Waals surface area contributed by atoms with Gasteiger partial charge in [-0.15, -0.1) is 0 Å². The van der Waals surface area contributed by atoms with Crippen LogP contribution in [0.2, 0.25) is 0 Å². The highest BCUT2D eigenvalue weighted by Gasteiger charge is 2.45. The number of cyclic esters (lactones) is 1. The van der Waals surface area contributed by atoms with Crippen LogP contribution < -0.4 is 18.9 Å². The first-order valence-electron chi connectivity index (χ1n) is 12.3. The van der Waals surface area contributed by atoms with Crippen molar-refractivity contribution in [3.05, 3.63) is 47.5 Å². The highest BCUT2D eigenvalue weighted by Crippen LogP contribution is 2.36. The number of ether oxygens (including phenoxy) is 6. The molecular formula is C27H34O11. The molecule has 0 amide bonds. The fraction of sp³-hybridized carbons (Fsp3) is 0.519. The summed E-state index contributed by atoms with van der Waals surface area (Å²) in [4.78, 5) is 12.6. The molecular weight excluding hydrogens is 500 g/mol. The number of aliphatic hydroxyl groups is 4. The zero-order valence-corrected chi connectivity index (χ0v) is 21.5. The molecule has 2 aromatic carbocycles. The standard InChI is InChI=1S/C27H34O11/c1-33-18-6-4-14(10-20(18)34-2)8-16-13-36-26(32)17(16)9-15-5-7-19(21(11-15)35-3)37-27-25(31)24(30)23(29)22(12-28)38-27/h4-7,10-11,16-17,22-25,27-31H,8-9,12-13H2,1-3H3/t16-,17-,22+,23+,24-,25+,27+/m0/s1. The molecule has 4 rings (SSSR count). The molecule has 2 fully saturated rings. The normalized spacial score (nSPS) is 29.0. The zero-order chi connectivity index (χ0) is 27.4. The van der Waals surface area contributed by atoms with Crippen LogP contribution in [0.15, 0.2) is 36.4 Å². The van der Waals surface area contributed by atoms with Gasteiger partial charge in [-0.2, -0.15) is 0 Å². The maximum absolute atomic E-state index is 12.6. The van der Waals surface area contributed by atoms with E-state index in [1.165, 1.54) is 7.11 Å². The zero-order valence-electron chi connectivity index (χ0n) is 21.5. The van der Waals surface area contributed by atoms with E-state index in [-0.39, 0.29) is 23.6 Å². The van der Waals surface area contributed by atoms with E-state index in [4.69, 9.17) is 28.4 Å². The first-order chi connectivity index (χ1) is 18.3. The van der Waals surface area contributed by atoms with Gasteiger partial charge < -0.3 is 48.8 Å². The van der Waals surface area contributed by atoms with Crippen LogP contribution in [-0.4, -0.2) is 91.6 Å². The number of carbonyl (C=O) groups is 1. The Morgan fingerprint density at radius 3 is 2.05 bits per heavy atom. The minimum absolute atomic E-state index is 0.0448. The van der Waals surface area contributed by atoms with Gasteiger partial charge in [0.05, 0.1) is 40.5 Å². The Morgan fingerprint density at radius 2 is 1.42 bits per heavy atom. The predicted octanol–water partition coefficient (Wildman–Crippen LogP) is 0.466. The van der Waals surface area contributed by atoms with Crippen molar-refractivity contribution in [2.75, 3.05) is 34.5 Å². The first kappa shape index (κ1) is 27.9. The lowest BCUT2D eigenvalue weighted by atomic mass is 9.85. The quantitative estimate of drug-likeness (QED) is 0.315. The van der Waals surface area contributed by atoms with Crippen molar-refractivity contribution in [3.63, 3.8) is 0 Å². The van der Waals surface area contributed by atoms with E-state index in [0.717, 1.165) is 11.1 Å². The molecule has 11 nitrogen and oxygen atoms in total. The Hall–Kier alpha value is -3.09. The summed E-state index contributed by atoms with van der Waals surface area (Å²) in [5.41, 5.74) is 1.81. The van der Waals surface area contributed by atoms with Crippen molar-refractivity contribution in [1.29, 1.82) is 0 Å². The van der Waals surface area contributed by atoms with Gasteiger partial charge in [-0.1, -0.05) is 12.1 Å². The fourth-order valence-electron chi connectivity index (χ4n) is 4.85. The molecule has 2 aliphatic heterocycles. The number of hydrogen-bond donors (Lipinski definition) is 4. The smallest absolute Gasteiger partial charge is 0.309 e. The second kappa shape index (κ2) is 12.2. The average molecular weight is 535 g/mol. The van der Waals surface area contributed by atoms with Gasteiger partial charge in [-0.05, 0) is 48.2 Å². The largest absolute Gasteiger partial charge is 0.493 e. The van der Waals surface area contributed by atoms with E-state index in [2.05, 4.69) is 0 Å². The molecule has 4 N–H and O–H groups in total. The summed E-state index contributed by atoms with van der Waals surface area (Å²) in [7, 11) is 4.60. The third-order valence-corrected chi connectivity index (χ3v) is 7.03. The molecule has 0 unspecified atom stereocenters. The fourth-order valence-corrected chi connectivity index (χ4v) is 4.85. The molecule has 2 saturated heterocycles. The van der Waals surface area contributed by atoms with Crippen molar-refractivity contribution in [2.24, 2.45) is 11.8 Å². The number of hydrogen-bond acceptors (Lipinski definition) is 11. The van der Waals surface area contributed by atoms with E-state index in [1.807, 2.05) is 18.2 Å². The topological polar surface area (TPSA) is 153 Å². The van der Waals surface area contributed by atoms with Crippen molar-refractivity contribution < 1.29 is 53.6 Å². The Bertz CT molecular complexity index is 1100. The second-order valence-electron chi connectivity index (χ2n) is 9.39. The lowest BCUT2D eigenvalue weighted by Crippen LogP contribution is -2.60. The maximum Gasteiger partial charge on any atom is 0.309 e. The molecule has 0 aromatic heterocycles. The van der Waals surface area contributed by atoms with E-state index in [1.54, 1.807) is 32.4 Å². The minimum Gasteiger partial charge on any atom is -0.493 e. The van der Waals surface area contributed by atoms with E-state index in [9.17, 15) is 25.2 Å². The number of carbonyl (C=O) groups excluding carboxylic acids is 1. The summed E-state index contributed by atoms with van der Waals surface area (Å²) in [5.74, 6) is 1.10. The Morgan fingerprint density at radius 1 is 0.816 bits per heavy atom. The van der Waals surface area contributed by atoms with Crippen LogP contribution in [0, 0.1) is 11.8 Å². The minimum atomic E-state index is -1.56. The molecule has 7 atom stereocenters. The molecule has 208 valence electrons. The van der Waals surface area contributed by atoms with Gasteiger partial charge in [0.15, 0.2) is 23.0 Å². The molecule has 38 heavy (non-hydrogen) atoms. The van der Waals surface area contributed by atoms with Crippen LogP contribution in [0.4, 0.5) is 0 Å². The van der Waals surface area contributed by atoms with Crippen molar-refractivity contribution >= 4 is 5.97 Å². The predicted molar refractivity (Wildman–Crippen MR) is 132 cm³/mol. The number of benzene rings is 2. The molecule has 0 bridgehead atoms. The lowest BCUT2D eigenvalue weighted by Gasteiger charge is -2.39. The van der Waals surface area contributed by atoms with Gasteiger partial charge in [0.2, 0.25) is 6.29 Å². The number of methoxy groups -OCH3 is 3. The summed E-state index contributed by atoms with van der Waals surface area (Å²) >= 11 is 0. The molecule has 0 spiro atoms. The van der Waals surface area contributed by atoms with Gasteiger partial charge in [-0.25, -0.2) is 0 Å². The van der Waals surface area contributed by atoms with Gasteiger partial charge in [-0.3, -0.25) is 4.79 Å². The van der Waals surface area contributed by atoms with Crippen LogP contribution in [0.5, 0.6) is 23.0 Å². The molecule has 0 radical (unpaired) electrons. The van der Waals surface area contributed by atoms with Gasteiger partial charge in [0, 0.05) is 5.92 Å². The SMILES string of the molecule is COc1ccc(C[C@H]2COC(=O)[C@H]2Cc2ccc(O[C@@H]3O[C@H](CO)[C@@H](O)[C@H](O)[C@H]3O)c(OC)c2)cc1OC. The average Bonchev–Trinajstić information content (AvgIpc) is 3.27. The van der Waals surface area contributed by atoms with E-state index < -0.39 is 37.3 Å². The summed E-state index contributed by atoms with van der Waals surface area (Å²) in [6.07, 6.45) is -6.02. The van der Waals surface area contributed by atoms with Crippen LogP contribution in [0.25, 0.3) is 0 Å². The van der Waals surface area contributed by atoms with Gasteiger partial charge in [0.1, 0.15) is 24.4 Å². The first-order valence-corrected chi connectivity index (χ1v) is 12.3. The van der Waals surface area contributed by atoms with E-state index in [0.29, 0.717) is 36.7 Å². The lowest BCUT2D eigenvalue weighted by molar-refractivity contribution is -0.277. The van der Waals surface area contributed by atoms with Crippen molar-refractivity contribution in [1.82, 2.24) is 0 Å². The van der Waals surface area contributed by atoms with Crippen LogP contribution in [0.1, 0.15) is 11.1 Å². The maximum atomic E-state index is 12.6. The summed E-state index contributed by atoms with van der Waals surface area (Å²) in [6.45, 7) is -0.254. The Labute approximate surface area is 220 Å². The Kier molecular flexibility index (Phi) is 8.95. The third-order valence-electron chi connectivity index (χ3n) is 7.03. The number of aliphatic hydroxyl groups excluding tert-OH is 4. The van der Waals surface area contributed by atoms with Gasteiger partial charge in [0.25, 0.3) is 0 Å². The molecule has 2 aliphatic rings. The van der Waals surface area contributed by atoms with Crippen molar-refractivity contribution in [3.8, 4) is 23.0 Å².